The van der Waals surface area contributed by atoms with Gasteiger partial charge < -0.3 is 14.8 Å². The maximum absolute atomic E-state index is 13.5. The Bertz CT molecular complexity index is 1250. The van der Waals surface area contributed by atoms with Crippen LogP contribution in [0.1, 0.15) is 34.3 Å². The van der Waals surface area contributed by atoms with Crippen LogP contribution in [0.3, 0.4) is 0 Å². The number of carbonyl (C=O) groups is 2. The first-order chi connectivity index (χ1) is 16.0. The molecular formula is C27H30N4O2. The van der Waals surface area contributed by atoms with Gasteiger partial charge in [-0.2, -0.15) is 0 Å². The second-order valence-corrected chi connectivity index (χ2v) is 8.18. The highest BCUT2D eigenvalue weighted by atomic mass is 16.2. The number of nitrogens with zero attached hydrogens (tertiary/aromatic N) is 3. The predicted octanol–water partition coefficient (Wildman–Crippen LogP) is 4.32. The molecule has 0 aliphatic heterocycles. The number of benzene rings is 2. The van der Waals surface area contributed by atoms with Crippen LogP contribution in [0.25, 0.3) is 10.9 Å². The first kappa shape index (κ1) is 22.3. The van der Waals surface area contributed by atoms with Crippen molar-refractivity contribution in [2.24, 2.45) is 7.05 Å². The van der Waals surface area contributed by atoms with Crippen LogP contribution in [0, 0.1) is 0 Å². The second kappa shape index (κ2) is 10.1. The molecule has 2 aromatic heterocycles. The third kappa shape index (κ3) is 5.12. The third-order valence-corrected chi connectivity index (χ3v) is 6.00. The van der Waals surface area contributed by atoms with E-state index >= 15 is 0 Å². The van der Waals surface area contributed by atoms with E-state index in [1.165, 1.54) is 0 Å². The molecule has 0 radical (unpaired) electrons. The minimum atomic E-state index is -0.116. The summed E-state index contributed by atoms with van der Waals surface area (Å²) < 4.78 is 1.79. The van der Waals surface area contributed by atoms with Crippen molar-refractivity contribution in [2.75, 3.05) is 13.6 Å². The summed E-state index contributed by atoms with van der Waals surface area (Å²) in [6, 6.07) is 23.1. The van der Waals surface area contributed by atoms with E-state index in [0.717, 1.165) is 16.5 Å². The van der Waals surface area contributed by atoms with E-state index in [1.54, 1.807) is 27.8 Å². The molecule has 0 bridgehead atoms. The number of amides is 2. The number of hydrogen-bond donors (Lipinski definition) is 1. The van der Waals surface area contributed by atoms with Crippen LogP contribution in [0.4, 0.5) is 0 Å². The summed E-state index contributed by atoms with van der Waals surface area (Å²) in [6.07, 6.45) is 4.86. The molecule has 4 aromatic rings. The zero-order valence-corrected chi connectivity index (χ0v) is 18.9. The van der Waals surface area contributed by atoms with E-state index in [0.29, 0.717) is 30.6 Å². The van der Waals surface area contributed by atoms with E-state index in [4.69, 9.17) is 0 Å². The van der Waals surface area contributed by atoms with Crippen LogP contribution in [-0.2, 0) is 13.5 Å². The Balaban J connectivity index is 0.00000324. The predicted molar refractivity (Wildman–Crippen MR) is 132 cm³/mol. The van der Waals surface area contributed by atoms with Crippen LogP contribution in [0.15, 0.2) is 85.2 Å². The lowest BCUT2D eigenvalue weighted by Crippen LogP contribution is -2.41. The Labute approximate surface area is 195 Å². The van der Waals surface area contributed by atoms with Crippen molar-refractivity contribution in [1.29, 1.82) is 0 Å². The number of aromatic nitrogens is 2. The normalized spacial score (nSPS) is 11.8. The quantitative estimate of drug-likeness (QED) is 0.442. The number of carbonyl (C=O) groups excluding carboxylic acids is 2. The van der Waals surface area contributed by atoms with Gasteiger partial charge in [0.1, 0.15) is 5.69 Å². The van der Waals surface area contributed by atoms with Crippen LogP contribution in [0.5, 0.6) is 0 Å². The van der Waals surface area contributed by atoms with Crippen molar-refractivity contribution in [3.8, 4) is 0 Å². The molecule has 2 amide bonds. The Morgan fingerprint density at radius 2 is 1.79 bits per heavy atom. The SMILES string of the molecule is CN(C(=O)c1ccnc2ccccc12)[C@H](CCNC(=O)c1cccn1C)Cc1ccccc1.[HH]. The number of rotatable bonds is 8. The Morgan fingerprint density at radius 1 is 1.03 bits per heavy atom. The summed E-state index contributed by atoms with van der Waals surface area (Å²) in [5, 5.41) is 3.84. The Morgan fingerprint density at radius 3 is 2.55 bits per heavy atom. The molecular weight excluding hydrogens is 412 g/mol. The first-order valence-corrected chi connectivity index (χ1v) is 11.1. The topological polar surface area (TPSA) is 67.2 Å². The van der Waals surface area contributed by atoms with E-state index in [2.05, 4.69) is 22.4 Å². The van der Waals surface area contributed by atoms with Crippen LogP contribution >= 0.6 is 0 Å². The number of aryl methyl sites for hydroxylation is 1. The fourth-order valence-electron chi connectivity index (χ4n) is 4.10. The van der Waals surface area contributed by atoms with E-state index < -0.39 is 0 Å². The number of likely N-dealkylation sites (N-methyl/N-ethyl adjacent to an activating group) is 1. The minimum absolute atomic E-state index is 0. The van der Waals surface area contributed by atoms with Crippen LogP contribution in [0.2, 0.25) is 0 Å². The van der Waals surface area contributed by atoms with Gasteiger partial charge in [-0.3, -0.25) is 14.6 Å². The molecule has 0 unspecified atom stereocenters. The molecule has 0 saturated carbocycles. The highest BCUT2D eigenvalue weighted by Gasteiger charge is 2.23. The van der Waals surface area contributed by atoms with E-state index in [1.807, 2.05) is 68.8 Å². The van der Waals surface area contributed by atoms with Crippen molar-refractivity contribution < 1.29 is 11.0 Å². The number of fused-ring (bicyclic) bond motifs is 1. The van der Waals surface area contributed by atoms with Gasteiger partial charge in [-0.25, -0.2) is 0 Å². The lowest BCUT2D eigenvalue weighted by molar-refractivity contribution is 0.0724. The van der Waals surface area contributed by atoms with Crippen molar-refractivity contribution >= 4 is 22.7 Å². The molecule has 0 saturated heterocycles. The Hall–Kier alpha value is -3.93. The van der Waals surface area contributed by atoms with Gasteiger partial charge in [-0.15, -0.1) is 0 Å². The lowest BCUT2D eigenvalue weighted by Gasteiger charge is -2.29. The molecule has 33 heavy (non-hydrogen) atoms. The molecule has 170 valence electrons. The largest absolute Gasteiger partial charge is 0.351 e. The van der Waals surface area contributed by atoms with Gasteiger partial charge in [0.15, 0.2) is 0 Å². The first-order valence-electron chi connectivity index (χ1n) is 11.1. The molecule has 6 heteroatoms. The molecule has 0 aliphatic rings. The second-order valence-electron chi connectivity index (χ2n) is 8.18. The molecule has 2 aromatic carbocycles. The molecule has 4 rings (SSSR count). The molecule has 2 heterocycles. The summed E-state index contributed by atoms with van der Waals surface area (Å²) in [6.45, 7) is 0.468. The highest BCUT2D eigenvalue weighted by molar-refractivity contribution is 6.06. The zero-order chi connectivity index (χ0) is 23.2. The fourth-order valence-corrected chi connectivity index (χ4v) is 4.10. The molecule has 0 spiro atoms. The maximum atomic E-state index is 13.5. The van der Waals surface area contributed by atoms with Gasteiger partial charge >= 0.3 is 0 Å². The molecule has 1 atom stereocenters. The summed E-state index contributed by atoms with van der Waals surface area (Å²) in [7, 11) is 3.68. The fraction of sp³-hybridized carbons (Fsp3) is 0.222. The molecule has 0 fully saturated rings. The highest BCUT2D eigenvalue weighted by Crippen LogP contribution is 2.20. The van der Waals surface area contributed by atoms with E-state index in [-0.39, 0.29) is 19.3 Å². The van der Waals surface area contributed by atoms with E-state index in [9.17, 15) is 9.59 Å². The number of hydrogen-bond acceptors (Lipinski definition) is 3. The van der Waals surface area contributed by atoms with Crippen molar-refractivity contribution in [3.63, 3.8) is 0 Å². The summed E-state index contributed by atoms with van der Waals surface area (Å²) >= 11 is 0. The average molecular weight is 443 g/mol. The minimum Gasteiger partial charge on any atom is -0.351 e. The van der Waals surface area contributed by atoms with Gasteiger partial charge in [0.05, 0.1) is 11.1 Å². The standard InChI is InChI=1S/C27H28N4O2.H2/c1-30-18-8-13-25(30)26(32)29-16-14-21(19-20-9-4-3-5-10-20)31(2)27(33)23-15-17-28-24-12-7-6-11-22(23)24;/h3-13,15,17-18,21H,14,16,19H2,1-2H3,(H,29,32);1H/t21-;/m1./s1. The monoisotopic (exact) mass is 442 g/mol. The van der Waals surface area contributed by atoms with Crippen molar-refractivity contribution in [1.82, 2.24) is 19.8 Å². The van der Waals surface area contributed by atoms with Gasteiger partial charge in [0.25, 0.3) is 11.8 Å². The van der Waals surface area contributed by atoms with Gasteiger partial charge in [-0.1, -0.05) is 48.5 Å². The summed E-state index contributed by atoms with van der Waals surface area (Å²) in [4.78, 5) is 32.2. The third-order valence-electron chi connectivity index (χ3n) is 6.00. The summed E-state index contributed by atoms with van der Waals surface area (Å²) in [5.41, 5.74) is 3.19. The molecule has 0 aliphatic carbocycles. The van der Waals surface area contributed by atoms with Crippen molar-refractivity contribution in [2.45, 2.75) is 18.9 Å². The van der Waals surface area contributed by atoms with Gasteiger partial charge in [-0.05, 0) is 42.7 Å². The number of para-hydroxylation sites is 1. The summed E-state index contributed by atoms with van der Waals surface area (Å²) in [5.74, 6) is -0.168. The van der Waals surface area contributed by atoms with Gasteiger partial charge in [0, 0.05) is 45.9 Å². The number of pyridine rings is 1. The maximum Gasteiger partial charge on any atom is 0.267 e. The van der Waals surface area contributed by atoms with Crippen LogP contribution < -0.4 is 5.32 Å². The lowest BCUT2D eigenvalue weighted by atomic mass is 10.0. The van der Waals surface area contributed by atoms with Crippen molar-refractivity contribution in [3.05, 3.63) is 102 Å². The number of nitrogens with one attached hydrogen (secondary N) is 1. The van der Waals surface area contributed by atoms with Gasteiger partial charge in [0.2, 0.25) is 0 Å². The molecule has 6 nitrogen and oxygen atoms in total. The van der Waals surface area contributed by atoms with Crippen LogP contribution in [-0.4, -0.2) is 45.9 Å². The zero-order valence-electron chi connectivity index (χ0n) is 18.9. The average Bonchev–Trinajstić information content (AvgIpc) is 3.28. The molecule has 1 N–H and O–H groups in total. The Kier molecular flexibility index (Phi) is 6.83. The smallest absolute Gasteiger partial charge is 0.267 e.